The van der Waals surface area contributed by atoms with E-state index >= 15 is 0 Å². The highest BCUT2D eigenvalue weighted by Gasteiger charge is 2.33. The van der Waals surface area contributed by atoms with E-state index in [9.17, 15) is 4.79 Å². The van der Waals surface area contributed by atoms with E-state index in [4.69, 9.17) is 16.3 Å². The summed E-state index contributed by atoms with van der Waals surface area (Å²) in [5, 5.41) is 4.11. The van der Waals surface area contributed by atoms with Gasteiger partial charge in [-0.3, -0.25) is 4.79 Å². The third-order valence-electron chi connectivity index (χ3n) is 5.16. The van der Waals surface area contributed by atoms with Crippen molar-refractivity contribution in [2.75, 3.05) is 16.8 Å². The molecule has 0 radical (unpaired) electrons. The number of hydrogen-bond donors (Lipinski definition) is 1. The lowest BCUT2D eigenvalue weighted by Gasteiger charge is -2.40. The minimum atomic E-state index is -0.0805. The first-order valence-electron chi connectivity index (χ1n) is 9.73. The number of nitrogens with zero attached hydrogens (tertiary/aromatic N) is 1. The number of anilines is 2. The van der Waals surface area contributed by atoms with Crippen LogP contribution in [0.4, 0.5) is 11.4 Å². The van der Waals surface area contributed by atoms with Gasteiger partial charge >= 0.3 is 0 Å². The third kappa shape index (κ3) is 4.22. The Balaban J connectivity index is 1.55. The maximum atomic E-state index is 13.1. The highest BCUT2D eigenvalue weighted by Crippen LogP contribution is 2.39. The van der Waals surface area contributed by atoms with Crippen LogP contribution in [0, 0.1) is 0 Å². The lowest BCUT2D eigenvalue weighted by atomic mass is 9.91. The first kappa shape index (κ1) is 19.3. The van der Waals surface area contributed by atoms with Crippen molar-refractivity contribution in [3.05, 3.63) is 89.4 Å². The predicted molar refractivity (Wildman–Crippen MR) is 118 cm³/mol. The van der Waals surface area contributed by atoms with Crippen molar-refractivity contribution in [1.29, 1.82) is 0 Å². The molecule has 4 nitrogen and oxygen atoms in total. The van der Waals surface area contributed by atoms with Gasteiger partial charge < -0.3 is 15.0 Å². The summed E-state index contributed by atoms with van der Waals surface area (Å²) in [4.78, 5) is 14.9. The van der Waals surface area contributed by atoms with Crippen LogP contribution < -0.4 is 15.0 Å². The highest BCUT2D eigenvalue weighted by atomic mass is 35.5. The zero-order valence-corrected chi connectivity index (χ0v) is 17.0. The van der Waals surface area contributed by atoms with Gasteiger partial charge in [0, 0.05) is 17.4 Å². The molecule has 0 saturated carbocycles. The fourth-order valence-corrected chi connectivity index (χ4v) is 4.03. The summed E-state index contributed by atoms with van der Waals surface area (Å²) in [7, 11) is 0. The molecule has 1 aliphatic rings. The maximum absolute atomic E-state index is 13.1. The fourth-order valence-electron chi connectivity index (χ4n) is 3.84. The number of ether oxygens (including phenoxy) is 1. The number of para-hydroxylation sites is 3. The van der Waals surface area contributed by atoms with Crippen molar-refractivity contribution < 1.29 is 9.53 Å². The Kier molecular flexibility index (Phi) is 5.72. The first-order chi connectivity index (χ1) is 14.1. The Morgan fingerprint density at radius 1 is 1.03 bits per heavy atom. The van der Waals surface area contributed by atoms with E-state index in [0.717, 1.165) is 23.4 Å². The van der Waals surface area contributed by atoms with Gasteiger partial charge in [0.2, 0.25) is 0 Å². The zero-order valence-electron chi connectivity index (χ0n) is 16.2. The number of carbonyl (C=O) groups is 1. The van der Waals surface area contributed by atoms with Crippen LogP contribution in [0.1, 0.15) is 24.9 Å². The summed E-state index contributed by atoms with van der Waals surface area (Å²) in [5.74, 6) is 0.437. The second kappa shape index (κ2) is 8.58. The van der Waals surface area contributed by atoms with Gasteiger partial charge in [0.05, 0.1) is 11.1 Å². The standard InChI is InChI=1S/C24H23ClN2O2/c1-17-15-21(26-18-9-3-2-4-10-18)19-11-5-7-13-22(19)27(17)24(28)16-29-23-14-8-6-12-20(23)25/h2-14,17,21,26H,15-16H2,1H3/t17-,21-/m1/s1. The van der Waals surface area contributed by atoms with Crippen LogP contribution in [0.2, 0.25) is 5.02 Å². The Labute approximate surface area is 176 Å². The zero-order chi connectivity index (χ0) is 20.2. The van der Waals surface area contributed by atoms with Gasteiger partial charge in [-0.25, -0.2) is 0 Å². The van der Waals surface area contributed by atoms with Gasteiger partial charge in [0.15, 0.2) is 6.61 Å². The minimum Gasteiger partial charge on any atom is -0.482 e. The second-order valence-corrected chi connectivity index (χ2v) is 7.60. The molecule has 0 aromatic heterocycles. The molecule has 0 bridgehead atoms. The number of hydrogen-bond acceptors (Lipinski definition) is 3. The number of amides is 1. The molecule has 3 aromatic rings. The smallest absolute Gasteiger partial charge is 0.265 e. The Hall–Kier alpha value is -2.98. The molecule has 148 valence electrons. The van der Waals surface area contributed by atoms with Crippen molar-refractivity contribution in [2.24, 2.45) is 0 Å². The molecule has 4 rings (SSSR count). The average Bonchev–Trinajstić information content (AvgIpc) is 2.74. The van der Waals surface area contributed by atoms with E-state index in [0.29, 0.717) is 10.8 Å². The van der Waals surface area contributed by atoms with E-state index in [1.165, 1.54) is 0 Å². The first-order valence-corrected chi connectivity index (χ1v) is 10.1. The lowest BCUT2D eigenvalue weighted by Crippen LogP contribution is -2.46. The number of rotatable bonds is 5. The average molecular weight is 407 g/mol. The molecule has 1 heterocycles. The van der Waals surface area contributed by atoms with Crippen molar-refractivity contribution >= 4 is 28.9 Å². The molecule has 0 saturated heterocycles. The predicted octanol–water partition coefficient (Wildman–Crippen LogP) is 5.70. The number of carbonyl (C=O) groups excluding carboxylic acids is 1. The van der Waals surface area contributed by atoms with Crippen LogP contribution in [0.15, 0.2) is 78.9 Å². The van der Waals surface area contributed by atoms with Crippen LogP contribution >= 0.6 is 11.6 Å². The van der Waals surface area contributed by atoms with E-state index in [1.54, 1.807) is 12.1 Å². The summed E-state index contributed by atoms with van der Waals surface area (Å²) >= 11 is 6.14. The molecular formula is C24H23ClN2O2. The molecule has 0 fully saturated rings. The van der Waals surface area contributed by atoms with Crippen LogP contribution in [-0.2, 0) is 4.79 Å². The number of fused-ring (bicyclic) bond motifs is 1. The Bertz CT molecular complexity index is 993. The van der Waals surface area contributed by atoms with E-state index in [1.807, 2.05) is 53.4 Å². The molecular weight excluding hydrogens is 384 g/mol. The molecule has 2 atom stereocenters. The van der Waals surface area contributed by atoms with Crippen molar-refractivity contribution in [3.8, 4) is 5.75 Å². The normalized spacial score (nSPS) is 18.1. The van der Waals surface area contributed by atoms with Gasteiger partial charge in [-0.1, -0.05) is 60.1 Å². The van der Waals surface area contributed by atoms with Crippen molar-refractivity contribution in [1.82, 2.24) is 0 Å². The molecule has 0 aliphatic carbocycles. The SMILES string of the molecule is C[C@@H]1C[C@@H](Nc2ccccc2)c2ccccc2N1C(=O)COc1ccccc1Cl. The molecule has 1 N–H and O–H groups in total. The Morgan fingerprint density at radius 3 is 2.52 bits per heavy atom. The van der Waals surface area contributed by atoms with Gasteiger partial charge in [-0.2, -0.15) is 0 Å². The molecule has 3 aromatic carbocycles. The monoisotopic (exact) mass is 406 g/mol. The van der Waals surface area contributed by atoms with Crippen LogP contribution in [0.5, 0.6) is 5.75 Å². The van der Waals surface area contributed by atoms with Crippen LogP contribution in [0.3, 0.4) is 0 Å². The summed E-state index contributed by atoms with van der Waals surface area (Å²) in [6, 6.07) is 25.6. The van der Waals surface area contributed by atoms with Crippen LogP contribution in [0.25, 0.3) is 0 Å². The second-order valence-electron chi connectivity index (χ2n) is 7.19. The molecule has 0 spiro atoms. The molecule has 29 heavy (non-hydrogen) atoms. The van der Waals surface area contributed by atoms with Gasteiger partial charge in [0.25, 0.3) is 5.91 Å². The largest absolute Gasteiger partial charge is 0.482 e. The summed E-state index contributed by atoms with van der Waals surface area (Å²) in [6.07, 6.45) is 0.809. The number of halogens is 1. The molecule has 0 unspecified atom stereocenters. The topological polar surface area (TPSA) is 41.6 Å². The quantitative estimate of drug-likeness (QED) is 0.591. The summed E-state index contributed by atoms with van der Waals surface area (Å²) in [5.41, 5.74) is 3.11. The van der Waals surface area contributed by atoms with Gasteiger partial charge in [-0.15, -0.1) is 0 Å². The molecule has 5 heteroatoms. The molecule has 1 aliphatic heterocycles. The fraction of sp³-hybridized carbons (Fsp3) is 0.208. The van der Waals surface area contributed by atoms with E-state index < -0.39 is 0 Å². The third-order valence-corrected chi connectivity index (χ3v) is 5.47. The van der Waals surface area contributed by atoms with Crippen LogP contribution in [-0.4, -0.2) is 18.6 Å². The summed E-state index contributed by atoms with van der Waals surface area (Å²) in [6.45, 7) is 2.02. The van der Waals surface area contributed by atoms with Crippen molar-refractivity contribution in [3.63, 3.8) is 0 Å². The molecule has 1 amide bonds. The number of nitrogens with one attached hydrogen (secondary N) is 1. The lowest BCUT2D eigenvalue weighted by molar-refractivity contribution is -0.121. The van der Waals surface area contributed by atoms with E-state index in [2.05, 4.69) is 30.4 Å². The highest BCUT2D eigenvalue weighted by molar-refractivity contribution is 6.32. The Morgan fingerprint density at radius 2 is 1.72 bits per heavy atom. The van der Waals surface area contributed by atoms with Crippen molar-refractivity contribution in [2.45, 2.75) is 25.4 Å². The minimum absolute atomic E-state index is 0.0356. The summed E-state index contributed by atoms with van der Waals surface area (Å²) < 4.78 is 5.70. The van der Waals surface area contributed by atoms with Gasteiger partial charge in [0.1, 0.15) is 5.75 Å². The van der Waals surface area contributed by atoms with E-state index in [-0.39, 0.29) is 24.6 Å². The van der Waals surface area contributed by atoms with Gasteiger partial charge in [-0.05, 0) is 49.2 Å². The number of benzene rings is 3. The maximum Gasteiger partial charge on any atom is 0.265 e.